The third-order valence-electron chi connectivity index (χ3n) is 4.47. The fourth-order valence-electron chi connectivity index (χ4n) is 3.01. The topological polar surface area (TPSA) is 0 Å². The van der Waals surface area contributed by atoms with Crippen LogP contribution >= 0.6 is 0 Å². The van der Waals surface area contributed by atoms with Crippen molar-refractivity contribution in [2.24, 2.45) is 0 Å². The molecule has 0 saturated heterocycles. The molecule has 0 aliphatic rings. The number of rotatable bonds is 1. The average molecular weight is 368 g/mol. The molecule has 0 saturated carbocycles. The van der Waals surface area contributed by atoms with Gasteiger partial charge in [0.15, 0.2) is 0 Å². The van der Waals surface area contributed by atoms with E-state index in [2.05, 4.69) is 0 Å². The molecule has 0 bridgehead atoms. The van der Waals surface area contributed by atoms with Gasteiger partial charge in [-0.1, -0.05) is 30.3 Å². The number of aryl methyl sites for hydroxylation is 2. The molecule has 6 heteroatoms. The molecule has 136 valence electrons. The summed E-state index contributed by atoms with van der Waals surface area (Å²) in [5, 5.41) is 1.41. The molecule has 0 aliphatic heterocycles. The summed E-state index contributed by atoms with van der Waals surface area (Å²) >= 11 is 0. The van der Waals surface area contributed by atoms with Gasteiger partial charge < -0.3 is 0 Å². The van der Waals surface area contributed by atoms with E-state index in [9.17, 15) is 26.3 Å². The predicted molar refractivity (Wildman–Crippen MR) is 88.9 cm³/mol. The second-order valence-corrected chi connectivity index (χ2v) is 6.21. The molecular weight excluding hydrogens is 354 g/mol. The Hall–Kier alpha value is -2.50. The van der Waals surface area contributed by atoms with Crippen molar-refractivity contribution in [2.75, 3.05) is 0 Å². The summed E-state index contributed by atoms with van der Waals surface area (Å²) in [6, 6.07) is 10.3. The van der Waals surface area contributed by atoms with Crippen LogP contribution in [0.4, 0.5) is 26.3 Å². The first-order valence-corrected chi connectivity index (χ1v) is 7.77. The number of alkyl halides is 6. The van der Waals surface area contributed by atoms with Gasteiger partial charge in [0.2, 0.25) is 0 Å². The molecule has 0 aromatic heterocycles. The second-order valence-electron chi connectivity index (χ2n) is 6.21. The van der Waals surface area contributed by atoms with Crippen molar-refractivity contribution in [3.63, 3.8) is 0 Å². The lowest BCUT2D eigenvalue weighted by molar-refractivity contribution is -0.143. The van der Waals surface area contributed by atoms with Crippen LogP contribution in [0.25, 0.3) is 21.9 Å². The van der Waals surface area contributed by atoms with Crippen molar-refractivity contribution in [1.82, 2.24) is 0 Å². The van der Waals surface area contributed by atoms with E-state index in [-0.39, 0.29) is 11.6 Å². The first-order valence-electron chi connectivity index (χ1n) is 7.77. The molecule has 0 atom stereocenters. The van der Waals surface area contributed by atoms with Crippen LogP contribution in [-0.2, 0) is 12.4 Å². The highest BCUT2D eigenvalue weighted by Crippen LogP contribution is 2.40. The van der Waals surface area contributed by atoms with Crippen molar-refractivity contribution in [1.29, 1.82) is 0 Å². The van der Waals surface area contributed by atoms with Crippen LogP contribution in [0.1, 0.15) is 22.3 Å². The molecule has 0 unspecified atom stereocenters. The molecule has 0 N–H and O–H groups in total. The van der Waals surface area contributed by atoms with Gasteiger partial charge in [0.25, 0.3) is 0 Å². The minimum Gasteiger partial charge on any atom is -0.166 e. The Balaban J connectivity index is 2.38. The Morgan fingerprint density at radius 3 is 1.65 bits per heavy atom. The first kappa shape index (κ1) is 18.3. The van der Waals surface area contributed by atoms with Crippen LogP contribution < -0.4 is 0 Å². The summed E-state index contributed by atoms with van der Waals surface area (Å²) in [6.07, 6.45) is -9.74. The summed E-state index contributed by atoms with van der Waals surface area (Å²) in [6.45, 7) is 3.65. The zero-order valence-corrected chi connectivity index (χ0v) is 13.9. The number of hydrogen-bond donors (Lipinski definition) is 0. The molecule has 3 aromatic carbocycles. The highest BCUT2D eigenvalue weighted by molar-refractivity contribution is 5.99. The van der Waals surface area contributed by atoms with Crippen molar-refractivity contribution in [3.05, 3.63) is 70.8 Å². The Morgan fingerprint density at radius 1 is 0.654 bits per heavy atom. The third-order valence-corrected chi connectivity index (χ3v) is 4.47. The molecule has 0 spiro atoms. The summed E-state index contributed by atoms with van der Waals surface area (Å²) in [4.78, 5) is 0. The normalized spacial score (nSPS) is 12.6. The maximum atomic E-state index is 13.1. The first-order chi connectivity index (χ1) is 12.0. The average Bonchev–Trinajstić information content (AvgIpc) is 2.56. The summed E-state index contributed by atoms with van der Waals surface area (Å²) in [5.41, 5.74) is -0.655. The maximum Gasteiger partial charge on any atom is 0.416 e. The lowest BCUT2D eigenvalue weighted by Crippen LogP contribution is -2.11. The molecule has 0 amide bonds. The van der Waals surface area contributed by atoms with E-state index < -0.39 is 23.5 Å². The molecule has 26 heavy (non-hydrogen) atoms. The molecule has 3 rings (SSSR count). The number of fused-ring (bicyclic) bond motifs is 1. The summed E-state index contributed by atoms with van der Waals surface area (Å²) in [5.74, 6) is 0. The van der Waals surface area contributed by atoms with Gasteiger partial charge in [-0.3, -0.25) is 0 Å². The van der Waals surface area contributed by atoms with Crippen LogP contribution in [0.2, 0.25) is 0 Å². The smallest absolute Gasteiger partial charge is 0.166 e. The molecule has 0 aliphatic carbocycles. The monoisotopic (exact) mass is 368 g/mol. The fraction of sp³-hybridized carbons (Fsp3) is 0.200. The van der Waals surface area contributed by atoms with Crippen LogP contribution in [-0.4, -0.2) is 0 Å². The Bertz CT molecular complexity index is 948. The highest BCUT2D eigenvalue weighted by Gasteiger charge is 2.37. The van der Waals surface area contributed by atoms with Crippen molar-refractivity contribution >= 4 is 10.8 Å². The van der Waals surface area contributed by atoms with E-state index in [1.165, 1.54) is 0 Å². The molecule has 0 radical (unpaired) electrons. The quantitative estimate of drug-likeness (QED) is 0.400. The zero-order chi connectivity index (χ0) is 19.3. The van der Waals surface area contributed by atoms with E-state index in [0.717, 1.165) is 28.6 Å². The van der Waals surface area contributed by atoms with Gasteiger partial charge in [-0.05, 0) is 65.1 Å². The summed E-state index contributed by atoms with van der Waals surface area (Å²) < 4.78 is 78.9. The van der Waals surface area contributed by atoms with Crippen LogP contribution in [0.5, 0.6) is 0 Å². The van der Waals surface area contributed by atoms with Gasteiger partial charge in [-0.2, -0.15) is 26.3 Å². The third kappa shape index (κ3) is 3.28. The van der Waals surface area contributed by atoms with Crippen molar-refractivity contribution in [2.45, 2.75) is 26.2 Å². The van der Waals surface area contributed by atoms with Crippen LogP contribution in [0, 0.1) is 13.8 Å². The van der Waals surface area contributed by atoms with E-state index in [1.54, 1.807) is 37.3 Å². The molecule has 0 fully saturated rings. The second kappa shape index (κ2) is 6.04. The predicted octanol–water partition coefficient (Wildman–Crippen LogP) is 7.16. The van der Waals surface area contributed by atoms with Crippen molar-refractivity contribution in [3.8, 4) is 11.1 Å². The zero-order valence-electron chi connectivity index (χ0n) is 13.9. The lowest BCUT2D eigenvalue weighted by Gasteiger charge is -2.17. The van der Waals surface area contributed by atoms with Gasteiger partial charge in [-0.25, -0.2) is 0 Å². The molecule has 0 heterocycles. The minimum atomic E-state index is -4.87. The van der Waals surface area contributed by atoms with E-state index in [1.807, 2.05) is 6.92 Å². The van der Waals surface area contributed by atoms with Crippen LogP contribution in [0.3, 0.4) is 0 Å². The molecule has 3 aromatic rings. The largest absolute Gasteiger partial charge is 0.416 e. The van der Waals surface area contributed by atoms with E-state index in [0.29, 0.717) is 10.9 Å². The molecular formula is C20H14F6. The highest BCUT2D eigenvalue weighted by atomic mass is 19.4. The Kier molecular flexibility index (Phi) is 4.25. The SMILES string of the molecule is Cc1cc(-c2cc(C(F)(F)F)cc(C(F)(F)F)c2)c2ccccc2c1C. The van der Waals surface area contributed by atoms with Gasteiger partial charge >= 0.3 is 12.4 Å². The number of benzene rings is 3. The van der Waals surface area contributed by atoms with Gasteiger partial charge in [0.1, 0.15) is 0 Å². The Morgan fingerprint density at radius 2 is 1.15 bits per heavy atom. The maximum absolute atomic E-state index is 13.1. The minimum absolute atomic E-state index is 0.105. The van der Waals surface area contributed by atoms with E-state index in [4.69, 9.17) is 0 Å². The van der Waals surface area contributed by atoms with Crippen LogP contribution in [0.15, 0.2) is 48.5 Å². The standard InChI is InChI=1S/C20H14F6/c1-11-7-18(17-6-4-3-5-16(17)12(11)2)13-8-14(19(21,22)23)10-15(9-13)20(24,25)26/h3-10H,1-2H3. The van der Waals surface area contributed by atoms with Gasteiger partial charge in [-0.15, -0.1) is 0 Å². The van der Waals surface area contributed by atoms with Gasteiger partial charge in [0.05, 0.1) is 11.1 Å². The number of halogens is 6. The lowest BCUT2D eigenvalue weighted by atomic mass is 9.90. The Labute approximate surface area is 146 Å². The summed E-state index contributed by atoms with van der Waals surface area (Å²) in [7, 11) is 0. The van der Waals surface area contributed by atoms with Gasteiger partial charge in [0, 0.05) is 0 Å². The van der Waals surface area contributed by atoms with E-state index >= 15 is 0 Å². The number of hydrogen-bond acceptors (Lipinski definition) is 0. The fourth-order valence-corrected chi connectivity index (χ4v) is 3.01. The molecule has 0 nitrogen and oxygen atoms in total. The van der Waals surface area contributed by atoms with Crippen molar-refractivity contribution < 1.29 is 26.3 Å².